The van der Waals surface area contributed by atoms with Gasteiger partial charge >= 0.3 is 6.18 Å². The molecule has 1 aromatic carbocycles. The van der Waals surface area contributed by atoms with Gasteiger partial charge in [-0.25, -0.2) is 13.4 Å². The first-order chi connectivity index (χ1) is 10.7. The Labute approximate surface area is 128 Å². The summed E-state index contributed by atoms with van der Waals surface area (Å²) in [5.74, 6) is -0.967. The van der Waals surface area contributed by atoms with Crippen LogP contribution in [-0.4, -0.2) is 24.3 Å². The van der Waals surface area contributed by atoms with E-state index in [2.05, 4.69) is 9.97 Å². The van der Waals surface area contributed by atoms with Gasteiger partial charge in [-0.3, -0.25) is 15.2 Å². The van der Waals surface area contributed by atoms with Gasteiger partial charge in [0.2, 0.25) is 0 Å². The molecule has 0 aliphatic carbocycles. The Balaban J connectivity index is 2.22. The molecular formula is C12H9F3N4O3S. The summed E-state index contributed by atoms with van der Waals surface area (Å²) in [5.41, 5.74) is 0.215. The van der Waals surface area contributed by atoms with Gasteiger partial charge in [0.05, 0.1) is 16.7 Å². The lowest BCUT2D eigenvalue weighted by Gasteiger charge is -2.13. The Morgan fingerprint density at radius 3 is 2.43 bits per heavy atom. The number of nitrogens with one attached hydrogen (secondary N) is 2. The van der Waals surface area contributed by atoms with Gasteiger partial charge in [-0.05, 0) is 12.1 Å². The van der Waals surface area contributed by atoms with Gasteiger partial charge in [-0.15, -0.1) is 4.83 Å². The number of hydrogen-bond acceptors (Lipinski definition) is 5. The van der Waals surface area contributed by atoms with Crippen molar-refractivity contribution >= 4 is 15.9 Å². The van der Waals surface area contributed by atoms with E-state index in [-0.39, 0.29) is 5.69 Å². The van der Waals surface area contributed by atoms with Crippen LogP contribution in [0.15, 0.2) is 47.8 Å². The molecule has 122 valence electrons. The number of benzene rings is 1. The van der Waals surface area contributed by atoms with Crippen LogP contribution in [0.2, 0.25) is 0 Å². The maximum atomic E-state index is 12.8. The molecule has 0 unspecified atom stereocenters. The molecule has 0 bridgehead atoms. The first kappa shape index (κ1) is 16.8. The van der Waals surface area contributed by atoms with Gasteiger partial charge in [0.1, 0.15) is 5.69 Å². The molecule has 1 amide bonds. The van der Waals surface area contributed by atoms with Crippen LogP contribution in [0.4, 0.5) is 13.2 Å². The molecule has 23 heavy (non-hydrogen) atoms. The molecule has 1 aromatic heterocycles. The fourth-order valence-corrected chi connectivity index (χ4v) is 2.65. The summed E-state index contributed by atoms with van der Waals surface area (Å²) in [6, 6.07) is 3.59. The van der Waals surface area contributed by atoms with E-state index in [1.165, 1.54) is 12.4 Å². The topological polar surface area (TPSA) is 101 Å². The highest BCUT2D eigenvalue weighted by Gasteiger charge is 2.37. The minimum atomic E-state index is -4.86. The summed E-state index contributed by atoms with van der Waals surface area (Å²) in [5, 5.41) is 0. The zero-order valence-corrected chi connectivity index (χ0v) is 12.0. The number of aromatic nitrogens is 2. The van der Waals surface area contributed by atoms with E-state index in [9.17, 15) is 26.4 Å². The lowest BCUT2D eigenvalue weighted by Crippen LogP contribution is -2.42. The van der Waals surface area contributed by atoms with E-state index < -0.39 is 32.6 Å². The number of nitrogens with zero attached hydrogens (tertiary/aromatic N) is 2. The smallest absolute Gasteiger partial charge is 0.272 e. The van der Waals surface area contributed by atoms with Gasteiger partial charge < -0.3 is 0 Å². The van der Waals surface area contributed by atoms with Crippen molar-refractivity contribution in [3.8, 4) is 0 Å². The predicted molar refractivity (Wildman–Crippen MR) is 71.3 cm³/mol. The second kappa shape index (κ2) is 6.30. The molecule has 0 saturated heterocycles. The molecule has 0 radical (unpaired) electrons. The minimum absolute atomic E-state index is 0.209. The predicted octanol–water partition coefficient (Wildman–Crippen LogP) is 1.12. The fraction of sp³-hybridized carbons (Fsp3) is 0.0833. The van der Waals surface area contributed by atoms with Crippen molar-refractivity contribution in [2.24, 2.45) is 0 Å². The van der Waals surface area contributed by atoms with E-state index >= 15 is 0 Å². The van der Waals surface area contributed by atoms with Crippen LogP contribution in [0.25, 0.3) is 0 Å². The number of sulfonamides is 1. The van der Waals surface area contributed by atoms with Crippen molar-refractivity contribution in [3.63, 3.8) is 0 Å². The molecule has 0 saturated carbocycles. The minimum Gasteiger partial charge on any atom is -0.272 e. The van der Waals surface area contributed by atoms with E-state index in [0.717, 1.165) is 24.4 Å². The lowest BCUT2D eigenvalue weighted by molar-refractivity contribution is -0.139. The number of rotatable bonds is 4. The molecule has 2 N–H and O–H groups in total. The number of amides is 1. The third-order valence-electron chi connectivity index (χ3n) is 2.58. The van der Waals surface area contributed by atoms with Crippen molar-refractivity contribution in [1.82, 2.24) is 20.2 Å². The van der Waals surface area contributed by atoms with Gasteiger partial charge in [-0.1, -0.05) is 12.1 Å². The zero-order chi connectivity index (χ0) is 17.1. The zero-order valence-electron chi connectivity index (χ0n) is 11.2. The van der Waals surface area contributed by atoms with Crippen LogP contribution >= 0.6 is 0 Å². The number of hydrazine groups is 1. The molecule has 2 aromatic rings. The van der Waals surface area contributed by atoms with Crippen molar-refractivity contribution in [2.45, 2.75) is 11.1 Å². The summed E-state index contributed by atoms with van der Waals surface area (Å²) >= 11 is 0. The standard InChI is InChI=1S/C12H9F3N4O3S/c13-12(14,15)8-3-1-2-4-10(8)23(21,22)19-18-11(20)9-7-16-5-6-17-9/h1-7,19H,(H,18,20). The van der Waals surface area contributed by atoms with Gasteiger partial charge in [-0.2, -0.15) is 13.2 Å². The Bertz CT molecular complexity index is 810. The van der Waals surface area contributed by atoms with Gasteiger partial charge in [0.25, 0.3) is 15.9 Å². The third kappa shape index (κ3) is 4.02. The van der Waals surface area contributed by atoms with Crippen LogP contribution in [0.5, 0.6) is 0 Å². The SMILES string of the molecule is O=C(NNS(=O)(=O)c1ccccc1C(F)(F)F)c1cnccn1. The second-order valence-corrected chi connectivity index (χ2v) is 5.80. The van der Waals surface area contributed by atoms with E-state index in [0.29, 0.717) is 6.07 Å². The molecule has 7 nitrogen and oxygen atoms in total. The monoisotopic (exact) mass is 346 g/mol. The highest BCUT2D eigenvalue weighted by Crippen LogP contribution is 2.33. The molecule has 0 aliphatic rings. The summed E-state index contributed by atoms with van der Waals surface area (Å²) in [4.78, 5) is 19.5. The molecule has 0 fully saturated rings. The molecule has 1 heterocycles. The molecular weight excluding hydrogens is 337 g/mol. The molecule has 0 spiro atoms. The Hall–Kier alpha value is -2.53. The Morgan fingerprint density at radius 2 is 1.83 bits per heavy atom. The molecule has 11 heteroatoms. The van der Waals surface area contributed by atoms with Crippen molar-refractivity contribution in [1.29, 1.82) is 0 Å². The highest BCUT2D eigenvalue weighted by molar-refractivity contribution is 7.89. The molecule has 0 atom stereocenters. The maximum Gasteiger partial charge on any atom is 0.417 e. The lowest BCUT2D eigenvalue weighted by atomic mass is 10.2. The number of hydrogen-bond donors (Lipinski definition) is 2. The van der Waals surface area contributed by atoms with Gasteiger partial charge in [0.15, 0.2) is 0 Å². The van der Waals surface area contributed by atoms with E-state index in [4.69, 9.17) is 0 Å². The molecule has 0 aliphatic heterocycles. The highest BCUT2D eigenvalue weighted by atomic mass is 32.2. The van der Waals surface area contributed by atoms with Crippen molar-refractivity contribution in [3.05, 3.63) is 54.1 Å². The van der Waals surface area contributed by atoms with E-state index in [1.807, 2.05) is 0 Å². The normalized spacial score (nSPS) is 12.0. The fourth-order valence-electron chi connectivity index (χ4n) is 1.58. The van der Waals surface area contributed by atoms with Gasteiger partial charge in [0, 0.05) is 12.4 Å². The average Bonchev–Trinajstić information content (AvgIpc) is 2.53. The van der Waals surface area contributed by atoms with Crippen LogP contribution in [0, 0.1) is 0 Å². The summed E-state index contributed by atoms with van der Waals surface area (Å²) in [7, 11) is -4.63. The van der Waals surface area contributed by atoms with Crippen LogP contribution < -0.4 is 10.3 Å². The van der Waals surface area contributed by atoms with E-state index in [1.54, 1.807) is 10.3 Å². The van der Waals surface area contributed by atoms with Crippen molar-refractivity contribution < 1.29 is 26.4 Å². The number of carbonyl (C=O) groups is 1. The summed E-state index contributed by atoms with van der Waals surface area (Å²) < 4.78 is 62.5. The largest absolute Gasteiger partial charge is 0.417 e. The molecule has 2 rings (SSSR count). The first-order valence-electron chi connectivity index (χ1n) is 5.96. The van der Waals surface area contributed by atoms with Crippen LogP contribution in [-0.2, 0) is 16.2 Å². The summed E-state index contributed by atoms with van der Waals surface area (Å²) in [6.07, 6.45) is -1.31. The number of carbonyl (C=O) groups excluding carboxylic acids is 1. The number of halogens is 3. The Morgan fingerprint density at radius 1 is 1.13 bits per heavy atom. The third-order valence-corrected chi connectivity index (χ3v) is 3.88. The van der Waals surface area contributed by atoms with Crippen molar-refractivity contribution in [2.75, 3.05) is 0 Å². The maximum absolute atomic E-state index is 12.8. The second-order valence-electron chi connectivity index (χ2n) is 4.14. The van der Waals surface area contributed by atoms with Crippen LogP contribution in [0.3, 0.4) is 0 Å². The summed E-state index contributed by atoms with van der Waals surface area (Å²) in [6.45, 7) is 0. The average molecular weight is 346 g/mol. The van der Waals surface area contributed by atoms with Crippen LogP contribution in [0.1, 0.15) is 16.1 Å². The Kier molecular flexibility index (Phi) is 4.61. The number of alkyl halides is 3. The quantitative estimate of drug-likeness (QED) is 0.808. The first-order valence-corrected chi connectivity index (χ1v) is 7.44.